The summed E-state index contributed by atoms with van der Waals surface area (Å²) in [5, 5.41) is 3.40. The van der Waals surface area contributed by atoms with Gasteiger partial charge in [0.25, 0.3) is 0 Å². The zero-order valence-electron chi connectivity index (χ0n) is 8.84. The van der Waals surface area contributed by atoms with Gasteiger partial charge < -0.3 is 10.1 Å². The van der Waals surface area contributed by atoms with Crippen LogP contribution in [0.2, 0.25) is 0 Å². The molecule has 0 saturated heterocycles. The molecule has 0 bridgehead atoms. The minimum absolute atomic E-state index is 0.253. The summed E-state index contributed by atoms with van der Waals surface area (Å²) in [7, 11) is 0. The molecule has 1 aromatic rings. The number of rotatable bonds is 2. The summed E-state index contributed by atoms with van der Waals surface area (Å²) in [4.78, 5) is 0. The van der Waals surface area contributed by atoms with E-state index in [1.165, 1.54) is 17.7 Å². The Morgan fingerprint density at radius 3 is 3.00 bits per heavy atom. The van der Waals surface area contributed by atoms with Crippen LogP contribution in [0.4, 0.5) is 5.69 Å². The van der Waals surface area contributed by atoms with E-state index in [1.54, 1.807) is 0 Å². The molecular formula is C12H17NO. The highest BCUT2D eigenvalue weighted by molar-refractivity contribution is 5.59. The van der Waals surface area contributed by atoms with Crippen molar-refractivity contribution >= 4 is 5.69 Å². The van der Waals surface area contributed by atoms with Gasteiger partial charge in [-0.1, -0.05) is 6.07 Å². The van der Waals surface area contributed by atoms with Crippen LogP contribution < -0.4 is 10.1 Å². The third-order valence-corrected chi connectivity index (χ3v) is 2.41. The average Bonchev–Trinajstić information content (AvgIpc) is 2.18. The largest absolute Gasteiger partial charge is 0.491 e. The number of hydrogen-bond acceptors (Lipinski definition) is 2. The van der Waals surface area contributed by atoms with Crippen molar-refractivity contribution in [3.63, 3.8) is 0 Å². The van der Waals surface area contributed by atoms with Crippen molar-refractivity contribution in [3.8, 4) is 5.75 Å². The first-order valence-electron chi connectivity index (χ1n) is 5.30. The number of benzene rings is 1. The highest BCUT2D eigenvalue weighted by Gasteiger charge is 2.13. The Morgan fingerprint density at radius 2 is 2.21 bits per heavy atom. The molecule has 0 spiro atoms. The third-order valence-electron chi connectivity index (χ3n) is 2.41. The van der Waals surface area contributed by atoms with Gasteiger partial charge in [0.15, 0.2) is 0 Å². The Kier molecular flexibility index (Phi) is 2.62. The van der Waals surface area contributed by atoms with E-state index in [9.17, 15) is 0 Å². The standard InChI is InChI=1S/C12H17NO/c1-9(2)14-12-7-3-6-11-10(12)5-4-8-13-11/h3,6-7,9,13H,4-5,8H2,1-2H3. The van der Waals surface area contributed by atoms with Crippen LogP contribution in [0.1, 0.15) is 25.8 Å². The second-order valence-electron chi connectivity index (χ2n) is 3.98. The molecule has 2 rings (SSSR count). The van der Waals surface area contributed by atoms with E-state index >= 15 is 0 Å². The molecule has 76 valence electrons. The van der Waals surface area contributed by atoms with E-state index in [0.717, 1.165) is 18.7 Å². The van der Waals surface area contributed by atoms with Crippen LogP contribution in [0.25, 0.3) is 0 Å². The minimum atomic E-state index is 0.253. The lowest BCUT2D eigenvalue weighted by molar-refractivity contribution is 0.240. The molecule has 0 unspecified atom stereocenters. The van der Waals surface area contributed by atoms with Gasteiger partial charge >= 0.3 is 0 Å². The fraction of sp³-hybridized carbons (Fsp3) is 0.500. The van der Waals surface area contributed by atoms with E-state index in [-0.39, 0.29) is 6.10 Å². The molecule has 0 atom stereocenters. The highest BCUT2D eigenvalue weighted by atomic mass is 16.5. The van der Waals surface area contributed by atoms with Gasteiger partial charge in [0.1, 0.15) is 5.75 Å². The molecule has 0 saturated carbocycles. The normalized spacial score (nSPS) is 14.8. The van der Waals surface area contributed by atoms with E-state index < -0.39 is 0 Å². The summed E-state index contributed by atoms with van der Waals surface area (Å²) in [5.74, 6) is 1.05. The van der Waals surface area contributed by atoms with Gasteiger partial charge in [-0.25, -0.2) is 0 Å². The molecule has 0 aromatic heterocycles. The molecule has 0 amide bonds. The van der Waals surface area contributed by atoms with Crippen molar-refractivity contribution < 1.29 is 4.74 Å². The van der Waals surface area contributed by atoms with Gasteiger partial charge in [0.2, 0.25) is 0 Å². The van der Waals surface area contributed by atoms with E-state index in [4.69, 9.17) is 4.74 Å². The molecule has 2 nitrogen and oxygen atoms in total. The number of anilines is 1. The van der Waals surface area contributed by atoms with Gasteiger partial charge in [-0.05, 0) is 38.8 Å². The number of ether oxygens (including phenoxy) is 1. The van der Waals surface area contributed by atoms with Crippen molar-refractivity contribution in [3.05, 3.63) is 23.8 Å². The van der Waals surface area contributed by atoms with Crippen LogP contribution in [0, 0.1) is 0 Å². The topological polar surface area (TPSA) is 21.3 Å². The number of hydrogen-bond donors (Lipinski definition) is 1. The van der Waals surface area contributed by atoms with E-state index in [2.05, 4.69) is 37.4 Å². The van der Waals surface area contributed by atoms with Crippen LogP contribution in [0.15, 0.2) is 18.2 Å². The summed E-state index contributed by atoms with van der Waals surface area (Å²) < 4.78 is 5.77. The Hall–Kier alpha value is -1.18. The Balaban J connectivity index is 2.30. The summed E-state index contributed by atoms with van der Waals surface area (Å²) >= 11 is 0. The predicted octanol–water partition coefficient (Wildman–Crippen LogP) is 2.83. The first-order chi connectivity index (χ1) is 6.77. The smallest absolute Gasteiger partial charge is 0.124 e. The van der Waals surface area contributed by atoms with Crippen LogP contribution in [0.3, 0.4) is 0 Å². The molecule has 0 radical (unpaired) electrons. The van der Waals surface area contributed by atoms with Crippen molar-refractivity contribution in [2.75, 3.05) is 11.9 Å². The maximum Gasteiger partial charge on any atom is 0.124 e. The molecule has 1 aliphatic rings. The molecule has 1 N–H and O–H groups in total. The quantitative estimate of drug-likeness (QED) is 0.776. The molecular weight excluding hydrogens is 174 g/mol. The second-order valence-corrected chi connectivity index (χ2v) is 3.98. The summed E-state index contributed by atoms with van der Waals surface area (Å²) in [6, 6.07) is 6.24. The molecule has 0 fully saturated rings. The molecule has 0 aliphatic carbocycles. The lowest BCUT2D eigenvalue weighted by atomic mass is 10.0. The van der Waals surface area contributed by atoms with Gasteiger partial charge in [-0.15, -0.1) is 0 Å². The van der Waals surface area contributed by atoms with Crippen molar-refractivity contribution in [2.24, 2.45) is 0 Å². The molecule has 1 heterocycles. The third kappa shape index (κ3) is 1.84. The summed E-state index contributed by atoms with van der Waals surface area (Å²) in [5.41, 5.74) is 2.59. The van der Waals surface area contributed by atoms with Gasteiger partial charge in [-0.2, -0.15) is 0 Å². The second kappa shape index (κ2) is 3.91. The maximum absolute atomic E-state index is 5.77. The van der Waals surface area contributed by atoms with Crippen molar-refractivity contribution in [2.45, 2.75) is 32.8 Å². The monoisotopic (exact) mass is 191 g/mol. The first kappa shape index (κ1) is 9.38. The van der Waals surface area contributed by atoms with Crippen molar-refractivity contribution in [1.82, 2.24) is 0 Å². The lowest BCUT2D eigenvalue weighted by Gasteiger charge is -2.22. The maximum atomic E-state index is 5.77. The fourth-order valence-corrected chi connectivity index (χ4v) is 1.84. The highest BCUT2D eigenvalue weighted by Crippen LogP contribution is 2.31. The lowest BCUT2D eigenvalue weighted by Crippen LogP contribution is -2.14. The molecule has 1 aromatic carbocycles. The van der Waals surface area contributed by atoms with Gasteiger partial charge in [-0.3, -0.25) is 0 Å². The Morgan fingerprint density at radius 1 is 1.36 bits per heavy atom. The number of fused-ring (bicyclic) bond motifs is 1. The zero-order chi connectivity index (χ0) is 9.97. The van der Waals surface area contributed by atoms with Crippen LogP contribution >= 0.6 is 0 Å². The first-order valence-corrected chi connectivity index (χ1v) is 5.30. The van der Waals surface area contributed by atoms with Crippen LogP contribution in [-0.2, 0) is 6.42 Å². The van der Waals surface area contributed by atoms with Gasteiger partial charge in [0, 0.05) is 17.8 Å². The van der Waals surface area contributed by atoms with E-state index in [1.807, 2.05) is 0 Å². The van der Waals surface area contributed by atoms with Crippen LogP contribution in [-0.4, -0.2) is 12.6 Å². The number of nitrogens with one attached hydrogen (secondary N) is 1. The van der Waals surface area contributed by atoms with Gasteiger partial charge in [0.05, 0.1) is 6.10 Å². The summed E-state index contributed by atoms with van der Waals surface area (Å²) in [6.07, 6.45) is 2.58. The summed E-state index contributed by atoms with van der Waals surface area (Å²) in [6.45, 7) is 5.21. The van der Waals surface area contributed by atoms with E-state index in [0.29, 0.717) is 0 Å². The molecule has 1 aliphatic heterocycles. The average molecular weight is 191 g/mol. The van der Waals surface area contributed by atoms with Crippen LogP contribution in [0.5, 0.6) is 5.75 Å². The predicted molar refractivity (Wildman–Crippen MR) is 59.0 cm³/mol. The Bertz CT molecular complexity index is 320. The molecule has 2 heteroatoms. The fourth-order valence-electron chi connectivity index (χ4n) is 1.84. The molecule has 14 heavy (non-hydrogen) atoms. The Labute approximate surface area is 85.3 Å². The minimum Gasteiger partial charge on any atom is -0.491 e. The SMILES string of the molecule is CC(C)Oc1cccc2c1CCCN2. The van der Waals surface area contributed by atoms with Crippen molar-refractivity contribution in [1.29, 1.82) is 0 Å². The zero-order valence-corrected chi connectivity index (χ0v) is 8.84.